The number of amides is 1. The van der Waals surface area contributed by atoms with E-state index in [4.69, 9.17) is 0 Å². The molecule has 1 N–H and O–H groups in total. The maximum atomic E-state index is 10.5. The predicted octanol–water partition coefficient (Wildman–Crippen LogP) is 2.68. The van der Waals surface area contributed by atoms with Gasteiger partial charge in [-0.15, -0.1) is 0 Å². The van der Waals surface area contributed by atoms with Gasteiger partial charge in [-0.25, -0.2) is 0 Å². The Hall–Kier alpha value is -0.570. The summed E-state index contributed by atoms with van der Waals surface area (Å²) in [5.41, 5.74) is 0. The Morgan fingerprint density at radius 2 is 1.65 bits per heavy atom. The van der Waals surface area contributed by atoms with Gasteiger partial charge in [-0.2, -0.15) is 0 Å². The lowest BCUT2D eigenvalue weighted by Gasteiger charge is -2.14. The quantitative estimate of drug-likeness (QED) is 0.824. The van der Waals surface area contributed by atoms with Crippen molar-refractivity contribution in [2.24, 2.45) is 11.8 Å². The second kappa shape index (κ2) is 8.51. The Morgan fingerprint density at radius 1 is 1.18 bits per heavy atom. The van der Waals surface area contributed by atoms with Crippen LogP contribution in [0, 0.1) is 11.8 Å². The molecule has 1 heterocycles. The van der Waals surface area contributed by atoms with Gasteiger partial charge in [-0.1, -0.05) is 27.7 Å². The molecule has 1 amide bonds. The van der Waals surface area contributed by atoms with Crippen LogP contribution in [-0.4, -0.2) is 35.6 Å². The molecular weight excluding hydrogens is 214 g/mol. The maximum absolute atomic E-state index is 10.5. The monoisotopic (exact) mass is 243 g/mol. The van der Waals surface area contributed by atoms with Crippen LogP contribution in [0.5, 0.6) is 0 Å². The average molecular weight is 243 g/mol. The molecule has 0 aromatic rings. The molecule has 0 radical (unpaired) electrons. The summed E-state index contributed by atoms with van der Waals surface area (Å²) in [7, 11) is 1.84. The molecule has 3 nitrogen and oxygen atoms in total. The van der Waals surface area contributed by atoms with Gasteiger partial charge in [0.1, 0.15) is 0 Å². The molecule has 1 rings (SSSR count). The predicted molar refractivity (Wildman–Crippen MR) is 71.8 cm³/mol. The highest BCUT2D eigenvalue weighted by molar-refractivity contribution is 5.77. The molecule has 1 fully saturated rings. The molecule has 0 unspecified atom stereocenters. The summed E-state index contributed by atoms with van der Waals surface area (Å²) in [6, 6.07) is 0. The van der Waals surface area contributed by atoms with Crippen molar-refractivity contribution in [2.45, 2.75) is 59.5 Å². The fourth-order valence-corrected chi connectivity index (χ4v) is 1.97. The van der Waals surface area contributed by atoms with E-state index in [1.54, 1.807) is 4.90 Å². The molecule has 0 atom stereocenters. The van der Waals surface area contributed by atoms with Crippen molar-refractivity contribution in [3.05, 3.63) is 0 Å². The van der Waals surface area contributed by atoms with Crippen molar-refractivity contribution < 1.29 is 9.90 Å². The molecule has 3 heteroatoms. The van der Waals surface area contributed by atoms with E-state index in [0.717, 1.165) is 32.2 Å². The van der Waals surface area contributed by atoms with Crippen LogP contribution in [0.4, 0.5) is 0 Å². The highest BCUT2D eigenvalue weighted by atomic mass is 16.3. The van der Waals surface area contributed by atoms with Crippen molar-refractivity contribution in [2.75, 3.05) is 13.6 Å². The molecular formula is C14H29NO2. The number of aliphatic hydroxyl groups is 1. The number of likely N-dealkylation sites (tertiary alicyclic amines) is 1. The Bertz CT molecular complexity index is 204. The van der Waals surface area contributed by atoms with Gasteiger partial charge < -0.3 is 10.0 Å². The fraction of sp³-hybridized carbons (Fsp3) is 0.929. The smallest absolute Gasteiger partial charge is 0.222 e. The van der Waals surface area contributed by atoms with E-state index in [9.17, 15) is 9.90 Å². The number of nitrogens with zero attached hydrogens (tertiary/aromatic N) is 1. The molecule has 0 saturated carbocycles. The minimum absolute atomic E-state index is 0.0833. The number of carbonyl (C=O) groups excluding carboxylic acids is 1. The van der Waals surface area contributed by atoms with Crippen molar-refractivity contribution in [1.82, 2.24) is 4.90 Å². The Morgan fingerprint density at radius 3 is 1.82 bits per heavy atom. The molecule has 1 aliphatic rings. The number of carbonyl (C=O) groups is 1. The largest absolute Gasteiger partial charge is 0.393 e. The van der Waals surface area contributed by atoms with Crippen LogP contribution in [0.2, 0.25) is 0 Å². The van der Waals surface area contributed by atoms with Crippen LogP contribution in [0.1, 0.15) is 53.4 Å². The first-order valence-electron chi connectivity index (χ1n) is 6.75. The standard InChI is InChI=1S/C9H20O.C5H9NO/c1-7(2)5-9(10)6-8(3)4;1-6-4-2-3-5(6)7/h7-10H,5-6H2,1-4H3;2-4H2,1H3. The molecule has 17 heavy (non-hydrogen) atoms. The summed E-state index contributed by atoms with van der Waals surface area (Å²) in [4.78, 5) is 12.3. The zero-order valence-corrected chi connectivity index (χ0v) is 12.1. The van der Waals surface area contributed by atoms with E-state index >= 15 is 0 Å². The Balaban J connectivity index is 0.000000318. The zero-order chi connectivity index (χ0) is 13.4. The second-order valence-corrected chi connectivity index (χ2v) is 5.83. The van der Waals surface area contributed by atoms with Gasteiger partial charge in [0.05, 0.1) is 6.10 Å². The first kappa shape index (κ1) is 16.4. The van der Waals surface area contributed by atoms with Crippen molar-refractivity contribution >= 4 is 5.91 Å². The number of hydrogen-bond acceptors (Lipinski definition) is 2. The SMILES string of the molecule is CC(C)CC(O)CC(C)C.CN1CCCC1=O. The first-order valence-corrected chi connectivity index (χ1v) is 6.75. The molecule has 1 aliphatic heterocycles. The lowest BCUT2D eigenvalue weighted by atomic mass is 9.98. The molecule has 0 bridgehead atoms. The third kappa shape index (κ3) is 9.16. The number of hydrogen-bond donors (Lipinski definition) is 1. The van der Waals surface area contributed by atoms with Crippen LogP contribution >= 0.6 is 0 Å². The fourth-order valence-electron chi connectivity index (χ4n) is 1.97. The van der Waals surface area contributed by atoms with Gasteiger partial charge in [-0.05, 0) is 31.1 Å². The summed E-state index contributed by atoms with van der Waals surface area (Å²) in [5, 5.41) is 9.39. The molecule has 0 aromatic heterocycles. The molecule has 0 aromatic carbocycles. The third-order valence-corrected chi connectivity index (χ3v) is 2.80. The Labute approximate surface area is 106 Å². The van der Waals surface area contributed by atoms with Gasteiger partial charge in [0.25, 0.3) is 0 Å². The molecule has 0 aliphatic carbocycles. The third-order valence-electron chi connectivity index (χ3n) is 2.80. The Kier molecular flexibility index (Phi) is 8.23. The van der Waals surface area contributed by atoms with Gasteiger partial charge in [-0.3, -0.25) is 4.79 Å². The van der Waals surface area contributed by atoms with E-state index < -0.39 is 0 Å². The lowest BCUT2D eigenvalue weighted by molar-refractivity contribution is -0.126. The minimum atomic E-state index is -0.0833. The topological polar surface area (TPSA) is 40.5 Å². The minimum Gasteiger partial charge on any atom is -0.393 e. The van der Waals surface area contributed by atoms with E-state index in [1.165, 1.54) is 0 Å². The van der Waals surface area contributed by atoms with Crippen molar-refractivity contribution in [3.8, 4) is 0 Å². The highest BCUT2D eigenvalue weighted by Crippen LogP contribution is 2.12. The summed E-state index contributed by atoms with van der Waals surface area (Å²) >= 11 is 0. The summed E-state index contributed by atoms with van der Waals surface area (Å²) in [6.07, 6.45) is 3.61. The molecule has 1 saturated heterocycles. The highest BCUT2D eigenvalue weighted by Gasteiger charge is 2.14. The number of rotatable bonds is 4. The normalized spacial score (nSPS) is 15.8. The van der Waals surface area contributed by atoms with E-state index in [-0.39, 0.29) is 6.10 Å². The van der Waals surface area contributed by atoms with Gasteiger partial charge in [0, 0.05) is 20.0 Å². The number of aliphatic hydroxyl groups excluding tert-OH is 1. The molecule has 102 valence electrons. The summed E-state index contributed by atoms with van der Waals surface area (Å²) in [5.74, 6) is 1.53. The summed E-state index contributed by atoms with van der Waals surface area (Å²) < 4.78 is 0. The van der Waals surface area contributed by atoms with Gasteiger partial charge >= 0.3 is 0 Å². The van der Waals surface area contributed by atoms with Crippen LogP contribution in [-0.2, 0) is 4.79 Å². The van der Waals surface area contributed by atoms with E-state index in [2.05, 4.69) is 27.7 Å². The van der Waals surface area contributed by atoms with E-state index in [0.29, 0.717) is 17.7 Å². The zero-order valence-electron chi connectivity index (χ0n) is 12.1. The van der Waals surface area contributed by atoms with E-state index in [1.807, 2.05) is 7.05 Å². The second-order valence-electron chi connectivity index (χ2n) is 5.83. The molecule has 0 spiro atoms. The maximum Gasteiger partial charge on any atom is 0.222 e. The summed E-state index contributed by atoms with van der Waals surface area (Å²) in [6.45, 7) is 9.53. The van der Waals surface area contributed by atoms with Crippen LogP contribution in [0.3, 0.4) is 0 Å². The van der Waals surface area contributed by atoms with Crippen LogP contribution < -0.4 is 0 Å². The average Bonchev–Trinajstić information content (AvgIpc) is 2.48. The van der Waals surface area contributed by atoms with Gasteiger partial charge in [0.2, 0.25) is 5.91 Å². The van der Waals surface area contributed by atoms with Crippen LogP contribution in [0.25, 0.3) is 0 Å². The van der Waals surface area contributed by atoms with Gasteiger partial charge in [0.15, 0.2) is 0 Å². The first-order chi connectivity index (χ1) is 7.82. The van der Waals surface area contributed by atoms with Crippen LogP contribution in [0.15, 0.2) is 0 Å². The lowest BCUT2D eigenvalue weighted by Crippen LogP contribution is -2.17. The van der Waals surface area contributed by atoms with Crippen molar-refractivity contribution in [1.29, 1.82) is 0 Å². The van der Waals surface area contributed by atoms with Crippen molar-refractivity contribution in [3.63, 3.8) is 0 Å².